The number of rotatable bonds is 9. The summed E-state index contributed by atoms with van der Waals surface area (Å²) in [5.41, 5.74) is 7.16. The molecule has 0 aliphatic carbocycles. The predicted octanol–water partition coefficient (Wildman–Crippen LogP) is 2.30. The number of thioether (sulfide) groups is 1. The Morgan fingerprint density at radius 1 is 1.19 bits per heavy atom. The maximum Gasteiger partial charge on any atom is 0.331 e. The van der Waals surface area contributed by atoms with Crippen LogP contribution in [0.1, 0.15) is 13.8 Å². The fourth-order valence-electron chi connectivity index (χ4n) is 2.25. The number of allylic oxidation sites excluding steroid dienone is 1. The van der Waals surface area contributed by atoms with Crippen LogP contribution >= 0.6 is 11.8 Å². The number of ether oxygens (including phenoxy) is 2. The molecule has 0 aliphatic rings. The van der Waals surface area contributed by atoms with E-state index in [1.165, 1.54) is 0 Å². The van der Waals surface area contributed by atoms with Crippen LogP contribution in [0.25, 0.3) is 11.4 Å². The molecule has 27 heavy (non-hydrogen) atoms. The molecule has 1 aromatic heterocycles. The number of hydrogen-bond donors (Lipinski definition) is 1. The highest BCUT2D eigenvalue weighted by molar-refractivity contribution is 8.01. The molecule has 8 nitrogen and oxygen atoms in total. The third-order valence-electron chi connectivity index (χ3n) is 3.42. The lowest BCUT2D eigenvalue weighted by Gasteiger charge is -2.14. The maximum atomic E-state index is 12.2. The summed E-state index contributed by atoms with van der Waals surface area (Å²) in [6.45, 7) is 7.80. The summed E-state index contributed by atoms with van der Waals surface area (Å²) in [5, 5.41) is 7.54. The minimum atomic E-state index is -1.18. The van der Waals surface area contributed by atoms with E-state index in [1.807, 2.05) is 12.1 Å². The molecule has 0 atom stereocenters. The van der Waals surface area contributed by atoms with Crippen molar-refractivity contribution in [2.75, 3.05) is 18.9 Å². The van der Waals surface area contributed by atoms with E-state index in [0.29, 0.717) is 23.2 Å². The Kier molecular flexibility index (Phi) is 7.42. The van der Waals surface area contributed by atoms with Gasteiger partial charge in [-0.1, -0.05) is 17.8 Å². The third-order valence-corrected chi connectivity index (χ3v) is 4.56. The van der Waals surface area contributed by atoms with Crippen molar-refractivity contribution in [3.63, 3.8) is 0 Å². The van der Waals surface area contributed by atoms with Gasteiger partial charge in [0, 0.05) is 17.8 Å². The van der Waals surface area contributed by atoms with E-state index in [2.05, 4.69) is 16.8 Å². The molecule has 0 aliphatic heterocycles. The highest BCUT2D eigenvalue weighted by Gasteiger charge is 2.33. The zero-order chi connectivity index (χ0) is 19.8. The fraction of sp³-hybridized carbons (Fsp3) is 0.333. The van der Waals surface area contributed by atoms with Crippen molar-refractivity contribution < 1.29 is 19.1 Å². The minimum Gasteiger partial charge on any atom is -0.465 e. The van der Waals surface area contributed by atoms with Crippen molar-refractivity contribution in [3.8, 4) is 11.4 Å². The van der Waals surface area contributed by atoms with Crippen LogP contribution in [0, 0.1) is 0 Å². The molecule has 0 saturated heterocycles. The zero-order valence-electron chi connectivity index (χ0n) is 15.3. The van der Waals surface area contributed by atoms with Crippen LogP contribution in [0.15, 0.2) is 42.1 Å². The molecule has 1 heterocycles. The average molecular weight is 390 g/mol. The molecular weight excluding hydrogens is 368 g/mol. The quantitative estimate of drug-likeness (QED) is 0.228. The molecule has 0 fully saturated rings. The lowest BCUT2D eigenvalue weighted by atomic mass is 10.2. The van der Waals surface area contributed by atoms with Crippen molar-refractivity contribution in [1.29, 1.82) is 0 Å². The second-order valence-corrected chi connectivity index (χ2v) is 6.40. The number of aromatic nitrogens is 3. The topological polar surface area (TPSA) is 109 Å². The number of carbonyl (C=O) groups is 2. The molecular formula is C18H22N4O4S. The third kappa shape index (κ3) is 5.10. The second kappa shape index (κ2) is 9.77. The van der Waals surface area contributed by atoms with Gasteiger partial charge < -0.3 is 15.2 Å². The molecule has 0 amide bonds. The lowest BCUT2D eigenvalue weighted by Crippen LogP contribution is -2.31. The van der Waals surface area contributed by atoms with Gasteiger partial charge in [0.1, 0.15) is 0 Å². The maximum absolute atomic E-state index is 12.2. The van der Waals surface area contributed by atoms with Gasteiger partial charge in [0.15, 0.2) is 11.0 Å². The number of esters is 2. The zero-order valence-corrected chi connectivity index (χ0v) is 16.1. The molecule has 2 N–H and O–H groups in total. The van der Waals surface area contributed by atoms with Crippen LogP contribution in [0.5, 0.6) is 0 Å². The number of benzene rings is 1. The molecule has 2 aromatic rings. The SMILES string of the molecule is C=CCn1c(SC(C(=O)OCC)C(=O)OCC)nnc1-c1ccc(N)cc1. The van der Waals surface area contributed by atoms with E-state index in [1.54, 1.807) is 36.6 Å². The lowest BCUT2D eigenvalue weighted by molar-refractivity contribution is -0.152. The van der Waals surface area contributed by atoms with Gasteiger partial charge in [-0.3, -0.25) is 14.2 Å². The number of nitrogen functional groups attached to an aromatic ring is 1. The number of anilines is 1. The number of nitrogens with two attached hydrogens (primary N) is 1. The van der Waals surface area contributed by atoms with Crippen LogP contribution in [-0.2, 0) is 25.6 Å². The van der Waals surface area contributed by atoms with E-state index < -0.39 is 17.2 Å². The normalized spacial score (nSPS) is 10.6. The van der Waals surface area contributed by atoms with E-state index >= 15 is 0 Å². The Labute approximate surface area is 161 Å². The van der Waals surface area contributed by atoms with E-state index in [-0.39, 0.29) is 13.2 Å². The smallest absolute Gasteiger partial charge is 0.331 e. The first-order valence-electron chi connectivity index (χ1n) is 8.41. The first kappa shape index (κ1) is 20.5. The molecule has 0 saturated carbocycles. The molecule has 1 aromatic carbocycles. The molecule has 0 spiro atoms. The van der Waals surface area contributed by atoms with Gasteiger partial charge in [-0.25, -0.2) is 0 Å². The number of carbonyl (C=O) groups excluding carboxylic acids is 2. The molecule has 0 radical (unpaired) electrons. The summed E-state index contributed by atoms with van der Waals surface area (Å²) in [6, 6.07) is 7.16. The van der Waals surface area contributed by atoms with Crippen LogP contribution < -0.4 is 5.73 Å². The summed E-state index contributed by atoms with van der Waals surface area (Å²) in [6.07, 6.45) is 1.68. The second-order valence-electron chi connectivity index (χ2n) is 5.33. The first-order chi connectivity index (χ1) is 13.0. The van der Waals surface area contributed by atoms with Crippen LogP contribution in [0.4, 0.5) is 5.69 Å². The predicted molar refractivity (Wildman–Crippen MR) is 103 cm³/mol. The highest BCUT2D eigenvalue weighted by Crippen LogP contribution is 2.28. The Bertz CT molecular complexity index is 786. The van der Waals surface area contributed by atoms with Crippen molar-refractivity contribution >= 4 is 29.4 Å². The average Bonchev–Trinajstić information content (AvgIpc) is 3.03. The van der Waals surface area contributed by atoms with Crippen molar-refractivity contribution in [2.45, 2.75) is 30.8 Å². The molecule has 0 bridgehead atoms. The van der Waals surface area contributed by atoms with Gasteiger partial charge in [0.2, 0.25) is 5.25 Å². The Morgan fingerprint density at radius 3 is 2.30 bits per heavy atom. The Balaban J connectivity index is 2.37. The summed E-state index contributed by atoms with van der Waals surface area (Å²) >= 11 is 0.938. The summed E-state index contributed by atoms with van der Waals surface area (Å²) in [5.74, 6) is -0.782. The van der Waals surface area contributed by atoms with E-state index in [4.69, 9.17) is 15.2 Å². The van der Waals surface area contributed by atoms with Crippen molar-refractivity contribution in [1.82, 2.24) is 14.8 Å². The summed E-state index contributed by atoms with van der Waals surface area (Å²) in [4.78, 5) is 24.4. The van der Waals surface area contributed by atoms with Gasteiger partial charge in [0.25, 0.3) is 0 Å². The largest absolute Gasteiger partial charge is 0.465 e. The monoisotopic (exact) mass is 390 g/mol. The van der Waals surface area contributed by atoms with Crippen LogP contribution in [-0.4, -0.2) is 45.2 Å². The van der Waals surface area contributed by atoms with Gasteiger partial charge in [-0.05, 0) is 38.1 Å². The van der Waals surface area contributed by atoms with Gasteiger partial charge in [-0.15, -0.1) is 16.8 Å². The Hall–Kier alpha value is -2.81. The van der Waals surface area contributed by atoms with Crippen LogP contribution in [0.3, 0.4) is 0 Å². The summed E-state index contributed by atoms with van der Waals surface area (Å²) < 4.78 is 11.8. The number of nitrogens with zero attached hydrogens (tertiary/aromatic N) is 3. The Morgan fingerprint density at radius 2 is 1.78 bits per heavy atom. The van der Waals surface area contributed by atoms with E-state index in [9.17, 15) is 9.59 Å². The minimum absolute atomic E-state index is 0.158. The molecule has 144 valence electrons. The molecule has 0 unspecified atom stereocenters. The van der Waals surface area contributed by atoms with Crippen molar-refractivity contribution in [2.24, 2.45) is 0 Å². The van der Waals surface area contributed by atoms with Gasteiger partial charge in [0.05, 0.1) is 13.2 Å². The summed E-state index contributed by atoms with van der Waals surface area (Å²) in [7, 11) is 0. The highest BCUT2D eigenvalue weighted by atomic mass is 32.2. The molecule has 9 heteroatoms. The standard InChI is InChI=1S/C18H22N4O4S/c1-4-11-22-15(12-7-9-13(19)10-8-12)20-21-18(22)27-14(16(23)25-5-2)17(24)26-6-3/h4,7-10,14H,1,5-6,11,19H2,2-3H3. The first-order valence-corrected chi connectivity index (χ1v) is 9.29. The molecule has 2 rings (SSSR count). The fourth-order valence-corrected chi connectivity index (χ4v) is 3.16. The van der Waals surface area contributed by atoms with E-state index in [0.717, 1.165) is 17.3 Å². The van der Waals surface area contributed by atoms with Gasteiger partial charge >= 0.3 is 11.9 Å². The van der Waals surface area contributed by atoms with Crippen LogP contribution in [0.2, 0.25) is 0 Å². The number of hydrogen-bond acceptors (Lipinski definition) is 8. The van der Waals surface area contributed by atoms with Crippen molar-refractivity contribution in [3.05, 3.63) is 36.9 Å². The van der Waals surface area contributed by atoms with Gasteiger partial charge in [-0.2, -0.15) is 0 Å².